The molecule has 4 aromatic rings. The summed E-state index contributed by atoms with van der Waals surface area (Å²) in [7, 11) is 3.65. The number of hydrogen-bond acceptors (Lipinski definition) is 6. The molecule has 0 atom stereocenters. The van der Waals surface area contributed by atoms with Crippen LogP contribution in [0.4, 0.5) is 0 Å². The molecule has 0 radical (unpaired) electrons. The second-order valence-corrected chi connectivity index (χ2v) is 9.08. The van der Waals surface area contributed by atoms with E-state index in [9.17, 15) is 0 Å². The van der Waals surface area contributed by atoms with Gasteiger partial charge in [0.05, 0.1) is 18.4 Å². The van der Waals surface area contributed by atoms with Gasteiger partial charge >= 0.3 is 0 Å². The highest BCUT2D eigenvalue weighted by molar-refractivity contribution is 7.98. The lowest BCUT2D eigenvalue weighted by Crippen LogP contribution is -1.97. The van der Waals surface area contributed by atoms with Gasteiger partial charge in [-0.05, 0) is 23.6 Å². The summed E-state index contributed by atoms with van der Waals surface area (Å²) in [5.74, 6) is 2.86. The average Bonchev–Trinajstić information content (AvgIpc) is 3.39. The maximum atomic E-state index is 5.46. The molecule has 154 valence electrons. The third-order valence-corrected chi connectivity index (χ3v) is 6.90. The summed E-state index contributed by atoms with van der Waals surface area (Å²) in [6, 6.07) is 16.6. The van der Waals surface area contributed by atoms with Crippen molar-refractivity contribution >= 4 is 23.1 Å². The highest BCUT2D eigenvalue weighted by Crippen LogP contribution is 2.32. The molecule has 30 heavy (non-hydrogen) atoms. The SMILES string of the molecule is COc1ccccc1-c1nnc(SCc2csc(-c3ccc(C(C)C)cc3)n2)n1C. The topological polar surface area (TPSA) is 52.8 Å². The van der Waals surface area contributed by atoms with Crippen molar-refractivity contribution in [2.45, 2.75) is 30.7 Å². The van der Waals surface area contributed by atoms with Crippen LogP contribution < -0.4 is 4.74 Å². The van der Waals surface area contributed by atoms with Crippen LogP contribution >= 0.6 is 23.1 Å². The van der Waals surface area contributed by atoms with Crippen LogP contribution in [-0.2, 0) is 12.8 Å². The van der Waals surface area contributed by atoms with Gasteiger partial charge in [0.25, 0.3) is 0 Å². The predicted octanol–water partition coefficient (Wildman–Crippen LogP) is 6.03. The van der Waals surface area contributed by atoms with E-state index >= 15 is 0 Å². The van der Waals surface area contributed by atoms with Crippen LogP contribution in [0.5, 0.6) is 5.75 Å². The second-order valence-electron chi connectivity index (χ2n) is 7.27. The quantitative estimate of drug-likeness (QED) is 0.331. The number of para-hydroxylation sites is 1. The van der Waals surface area contributed by atoms with E-state index in [0.29, 0.717) is 5.92 Å². The molecule has 0 amide bonds. The molecule has 5 nitrogen and oxygen atoms in total. The Labute approximate surface area is 185 Å². The first-order valence-electron chi connectivity index (χ1n) is 9.77. The second kappa shape index (κ2) is 9.02. The van der Waals surface area contributed by atoms with Crippen LogP contribution in [0.2, 0.25) is 0 Å². The van der Waals surface area contributed by atoms with Crippen LogP contribution in [0.1, 0.15) is 31.0 Å². The maximum absolute atomic E-state index is 5.46. The Bertz CT molecular complexity index is 1130. The van der Waals surface area contributed by atoms with Gasteiger partial charge in [-0.1, -0.05) is 62.0 Å². The first-order chi connectivity index (χ1) is 14.6. The third-order valence-electron chi connectivity index (χ3n) is 4.91. The van der Waals surface area contributed by atoms with Gasteiger partial charge in [0, 0.05) is 23.7 Å². The highest BCUT2D eigenvalue weighted by Gasteiger charge is 2.15. The monoisotopic (exact) mass is 436 g/mol. The van der Waals surface area contributed by atoms with Crippen molar-refractivity contribution in [3.8, 4) is 27.7 Å². The molecule has 0 aliphatic carbocycles. The summed E-state index contributed by atoms with van der Waals surface area (Å²) in [6.45, 7) is 4.42. The number of thiazole rings is 1. The fourth-order valence-electron chi connectivity index (χ4n) is 3.16. The predicted molar refractivity (Wildman–Crippen MR) is 124 cm³/mol. The molecule has 0 N–H and O–H groups in total. The van der Waals surface area contributed by atoms with E-state index in [-0.39, 0.29) is 0 Å². The van der Waals surface area contributed by atoms with Crippen molar-refractivity contribution in [3.63, 3.8) is 0 Å². The Balaban J connectivity index is 1.47. The standard InChI is InChI=1S/C23H24N4OS2/c1-15(2)16-9-11-17(12-10-16)22-24-18(13-29-22)14-30-23-26-25-21(27(23)3)19-7-5-6-8-20(19)28-4/h5-13,15H,14H2,1-4H3. The summed E-state index contributed by atoms with van der Waals surface area (Å²) < 4.78 is 7.46. The smallest absolute Gasteiger partial charge is 0.191 e. The highest BCUT2D eigenvalue weighted by atomic mass is 32.2. The van der Waals surface area contributed by atoms with Gasteiger partial charge in [0.2, 0.25) is 0 Å². The molecule has 0 spiro atoms. The molecular formula is C23H24N4OS2. The Kier molecular flexibility index (Phi) is 6.20. The van der Waals surface area contributed by atoms with Gasteiger partial charge in [-0.25, -0.2) is 4.98 Å². The van der Waals surface area contributed by atoms with Crippen molar-refractivity contribution in [3.05, 3.63) is 65.2 Å². The van der Waals surface area contributed by atoms with Crippen LogP contribution in [-0.4, -0.2) is 26.9 Å². The lowest BCUT2D eigenvalue weighted by Gasteiger charge is -2.07. The van der Waals surface area contributed by atoms with E-state index in [0.717, 1.165) is 44.3 Å². The number of benzene rings is 2. The number of rotatable bonds is 7. The molecule has 2 aromatic heterocycles. The Morgan fingerprint density at radius 2 is 1.83 bits per heavy atom. The van der Waals surface area contributed by atoms with E-state index in [1.807, 2.05) is 35.9 Å². The van der Waals surface area contributed by atoms with Crippen LogP contribution in [0.3, 0.4) is 0 Å². The number of hydrogen-bond donors (Lipinski definition) is 0. The summed E-state index contributed by atoms with van der Waals surface area (Å²) in [5, 5.41) is 12.8. The number of nitrogens with zero attached hydrogens (tertiary/aromatic N) is 4. The number of methoxy groups -OCH3 is 1. The van der Waals surface area contributed by atoms with Crippen molar-refractivity contribution in [1.29, 1.82) is 0 Å². The van der Waals surface area contributed by atoms with Crippen molar-refractivity contribution in [2.24, 2.45) is 7.05 Å². The fraction of sp³-hybridized carbons (Fsp3) is 0.261. The maximum Gasteiger partial charge on any atom is 0.191 e. The van der Waals surface area contributed by atoms with Gasteiger partial charge < -0.3 is 9.30 Å². The van der Waals surface area contributed by atoms with E-state index in [2.05, 4.69) is 53.7 Å². The lowest BCUT2D eigenvalue weighted by atomic mass is 10.0. The van der Waals surface area contributed by atoms with Crippen LogP contribution in [0.15, 0.2) is 59.1 Å². The van der Waals surface area contributed by atoms with E-state index in [1.165, 1.54) is 5.56 Å². The van der Waals surface area contributed by atoms with Gasteiger partial charge in [-0.2, -0.15) is 0 Å². The van der Waals surface area contributed by atoms with Gasteiger partial charge in [0.1, 0.15) is 10.8 Å². The average molecular weight is 437 g/mol. The zero-order valence-electron chi connectivity index (χ0n) is 17.5. The molecule has 0 saturated carbocycles. The largest absolute Gasteiger partial charge is 0.496 e. The summed E-state index contributed by atoms with van der Waals surface area (Å²) in [4.78, 5) is 4.81. The van der Waals surface area contributed by atoms with E-state index in [4.69, 9.17) is 9.72 Å². The zero-order chi connectivity index (χ0) is 21.1. The molecule has 0 fully saturated rings. The Morgan fingerprint density at radius 1 is 1.07 bits per heavy atom. The first-order valence-corrected chi connectivity index (χ1v) is 11.6. The number of ether oxygens (including phenoxy) is 1. The molecule has 2 heterocycles. The van der Waals surface area contributed by atoms with Crippen molar-refractivity contribution < 1.29 is 4.74 Å². The van der Waals surface area contributed by atoms with Crippen molar-refractivity contribution in [1.82, 2.24) is 19.7 Å². The molecule has 2 aromatic carbocycles. The molecule has 0 unspecified atom stereocenters. The van der Waals surface area contributed by atoms with Crippen molar-refractivity contribution in [2.75, 3.05) is 7.11 Å². The van der Waals surface area contributed by atoms with Crippen LogP contribution in [0, 0.1) is 0 Å². The van der Waals surface area contributed by atoms with Gasteiger partial charge in [-0.15, -0.1) is 21.5 Å². The zero-order valence-corrected chi connectivity index (χ0v) is 19.1. The minimum absolute atomic E-state index is 0.537. The Morgan fingerprint density at radius 3 is 2.57 bits per heavy atom. The molecular weight excluding hydrogens is 412 g/mol. The minimum atomic E-state index is 0.537. The number of aromatic nitrogens is 4. The summed E-state index contributed by atoms with van der Waals surface area (Å²) >= 11 is 3.32. The summed E-state index contributed by atoms with van der Waals surface area (Å²) in [6.07, 6.45) is 0. The molecule has 0 aliphatic heterocycles. The molecule has 0 saturated heterocycles. The number of thioether (sulfide) groups is 1. The molecule has 4 rings (SSSR count). The van der Waals surface area contributed by atoms with E-state index < -0.39 is 0 Å². The van der Waals surface area contributed by atoms with Crippen LogP contribution in [0.25, 0.3) is 22.0 Å². The molecule has 7 heteroatoms. The van der Waals surface area contributed by atoms with Gasteiger partial charge in [-0.3, -0.25) is 0 Å². The lowest BCUT2D eigenvalue weighted by molar-refractivity contribution is 0.416. The van der Waals surface area contributed by atoms with E-state index in [1.54, 1.807) is 30.2 Å². The summed E-state index contributed by atoms with van der Waals surface area (Å²) in [5.41, 5.74) is 4.49. The fourth-order valence-corrected chi connectivity index (χ4v) is 4.89. The molecule has 0 bridgehead atoms. The first kappa shape index (κ1) is 20.6. The minimum Gasteiger partial charge on any atom is -0.496 e. The Hall–Kier alpha value is -2.64. The third kappa shape index (κ3) is 4.27. The van der Waals surface area contributed by atoms with Gasteiger partial charge in [0.15, 0.2) is 11.0 Å². The molecule has 0 aliphatic rings. The normalized spacial score (nSPS) is 11.2.